The molecule has 0 aliphatic heterocycles. The third kappa shape index (κ3) is 3.88. The van der Waals surface area contributed by atoms with E-state index in [-0.39, 0.29) is 28.5 Å². The molecule has 9 heteroatoms. The SMILES string of the molecule is O=c1[nH]c2nc(NCCc3ccc(F)cc3)ncc2c(=O)n1-c1cccc(F)c1. The maximum Gasteiger partial charge on any atom is 0.334 e. The van der Waals surface area contributed by atoms with Crippen molar-refractivity contribution in [2.45, 2.75) is 6.42 Å². The Labute approximate surface area is 162 Å². The Bertz CT molecular complexity index is 1300. The summed E-state index contributed by atoms with van der Waals surface area (Å²) in [6, 6.07) is 11.3. The molecule has 4 rings (SSSR count). The summed E-state index contributed by atoms with van der Waals surface area (Å²) in [6.45, 7) is 0.474. The lowest BCUT2D eigenvalue weighted by atomic mass is 10.1. The highest BCUT2D eigenvalue weighted by Gasteiger charge is 2.12. The molecule has 0 saturated heterocycles. The lowest BCUT2D eigenvalue weighted by Crippen LogP contribution is -2.34. The molecule has 0 saturated carbocycles. The molecule has 0 amide bonds. The van der Waals surface area contributed by atoms with Crippen molar-refractivity contribution in [3.8, 4) is 5.69 Å². The minimum atomic E-state index is -0.732. The fraction of sp³-hybridized carbons (Fsp3) is 0.100. The molecule has 0 aliphatic carbocycles. The quantitative estimate of drug-likeness (QED) is 0.541. The van der Waals surface area contributed by atoms with E-state index in [1.807, 2.05) is 0 Å². The van der Waals surface area contributed by atoms with E-state index in [0.29, 0.717) is 13.0 Å². The average molecular weight is 395 g/mol. The maximum atomic E-state index is 13.5. The second-order valence-corrected chi connectivity index (χ2v) is 6.31. The highest BCUT2D eigenvalue weighted by molar-refractivity contribution is 5.73. The highest BCUT2D eigenvalue weighted by Crippen LogP contribution is 2.09. The van der Waals surface area contributed by atoms with Gasteiger partial charge in [0.15, 0.2) is 5.65 Å². The summed E-state index contributed by atoms with van der Waals surface area (Å²) >= 11 is 0. The Morgan fingerprint density at radius 2 is 1.83 bits per heavy atom. The van der Waals surface area contributed by atoms with Crippen molar-refractivity contribution in [2.24, 2.45) is 0 Å². The largest absolute Gasteiger partial charge is 0.354 e. The number of halogens is 2. The molecule has 146 valence electrons. The molecule has 0 radical (unpaired) electrons. The lowest BCUT2D eigenvalue weighted by molar-refractivity contribution is 0.625. The van der Waals surface area contributed by atoms with Crippen LogP contribution in [0.5, 0.6) is 0 Å². The van der Waals surface area contributed by atoms with Gasteiger partial charge < -0.3 is 5.32 Å². The predicted octanol–water partition coefficient (Wildman–Crippen LogP) is 2.40. The van der Waals surface area contributed by atoms with Crippen LogP contribution in [-0.2, 0) is 6.42 Å². The first-order valence-corrected chi connectivity index (χ1v) is 8.77. The number of hydrogen-bond donors (Lipinski definition) is 2. The Balaban J connectivity index is 1.60. The number of H-pyrrole nitrogens is 1. The van der Waals surface area contributed by atoms with Gasteiger partial charge in [0, 0.05) is 12.7 Å². The number of fused-ring (bicyclic) bond motifs is 1. The summed E-state index contributed by atoms with van der Waals surface area (Å²) in [5.41, 5.74) is -0.256. The molecule has 0 spiro atoms. The van der Waals surface area contributed by atoms with Crippen LogP contribution in [0.3, 0.4) is 0 Å². The third-order valence-electron chi connectivity index (χ3n) is 4.33. The second-order valence-electron chi connectivity index (χ2n) is 6.31. The van der Waals surface area contributed by atoms with E-state index in [1.54, 1.807) is 12.1 Å². The van der Waals surface area contributed by atoms with Crippen molar-refractivity contribution in [1.29, 1.82) is 0 Å². The van der Waals surface area contributed by atoms with Crippen LogP contribution in [-0.4, -0.2) is 26.1 Å². The normalized spacial score (nSPS) is 11.0. The van der Waals surface area contributed by atoms with Gasteiger partial charge in [0.2, 0.25) is 5.95 Å². The van der Waals surface area contributed by atoms with Crippen molar-refractivity contribution in [3.05, 3.63) is 92.8 Å². The van der Waals surface area contributed by atoms with E-state index >= 15 is 0 Å². The zero-order chi connectivity index (χ0) is 20.4. The van der Waals surface area contributed by atoms with Crippen LogP contribution in [0.2, 0.25) is 0 Å². The van der Waals surface area contributed by atoms with Gasteiger partial charge >= 0.3 is 5.69 Å². The van der Waals surface area contributed by atoms with Gasteiger partial charge in [-0.25, -0.2) is 23.1 Å². The minimum Gasteiger partial charge on any atom is -0.354 e. The van der Waals surface area contributed by atoms with Gasteiger partial charge in [-0.3, -0.25) is 9.78 Å². The van der Waals surface area contributed by atoms with Crippen molar-refractivity contribution in [1.82, 2.24) is 19.5 Å². The molecule has 0 fully saturated rings. The number of aromatic nitrogens is 4. The van der Waals surface area contributed by atoms with Crippen LogP contribution >= 0.6 is 0 Å². The molecule has 0 unspecified atom stereocenters. The monoisotopic (exact) mass is 395 g/mol. The fourth-order valence-electron chi connectivity index (χ4n) is 2.91. The number of anilines is 1. The summed E-state index contributed by atoms with van der Waals surface area (Å²) in [5.74, 6) is -0.628. The van der Waals surface area contributed by atoms with Crippen molar-refractivity contribution >= 4 is 17.0 Å². The number of hydrogen-bond acceptors (Lipinski definition) is 5. The van der Waals surface area contributed by atoms with E-state index in [2.05, 4.69) is 20.3 Å². The molecular formula is C20H15F2N5O2. The minimum absolute atomic E-state index is 0.0759. The van der Waals surface area contributed by atoms with Crippen molar-refractivity contribution < 1.29 is 8.78 Å². The molecule has 0 bridgehead atoms. The first kappa shape index (κ1) is 18.5. The van der Waals surface area contributed by atoms with E-state index < -0.39 is 17.1 Å². The Hall–Kier alpha value is -3.88. The summed E-state index contributed by atoms with van der Waals surface area (Å²) in [6.07, 6.45) is 1.91. The smallest absolute Gasteiger partial charge is 0.334 e. The van der Waals surface area contributed by atoms with Crippen molar-refractivity contribution in [3.63, 3.8) is 0 Å². The average Bonchev–Trinajstić information content (AvgIpc) is 2.69. The molecular weight excluding hydrogens is 380 g/mol. The van der Waals surface area contributed by atoms with Gasteiger partial charge in [0.1, 0.15) is 17.0 Å². The summed E-state index contributed by atoms with van der Waals surface area (Å²) in [5, 5.41) is 3.09. The van der Waals surface area contributed by atoms with Gasteiger partial charge in [-0.1, -0.05) is 18.2 Å². The molecule has 2 aromatic carbocycles. The zero-order valence-electron chi connectivity index (χ0n) is 15.0. The van der Waals surface area contributed by atoms with Crippen LogP contribution < -0.4 is 16.6 Å². The van der Waals surface area contributed by atoms with Gasteiger partial charge in [-0.05, 0) is 42.3 Å². The van der Waals surface area contributed by atoms with Crippen LogP contribution in [0.1, 0.15) is 5.56 Å². The van der Waals surface area contributed by atoms with Crippen LogP contribution in [0.15, 0.2) is 64.3 Å². The van der Waals surface area contributed by atoms with Gasteiger partial charge in [-0.2, -0.15) is 4.98 Å². The molecule has 7 nitrogen and oxygen atoms in total. The first-order chi connectivity index (χ1) is 14.0. The third-order valence-corrected chi connectivity index (χ3v) is 4.33. The molecule has 0 aliphatic rings. The second kappa shape index (κ2) is 7.63. The fourth-order valence-corrected chi connectivity index (χ4v) is 2.91. The van der Waals surface area contributed by atoms with Gasteiger partial charge in [-0.15, -0.1) is 0 Å². The Morgan fingerprint density at radius 3 is 2.59 bits per heavy atom. The summed E-state index contributed by atoms with van der Waals surface area (Å²) < 4.78 is 27.2. The number of benzene rings is 2. The van der Waals surface area contributed by atoms with E-state index in [1.165, 1.54) is 36.5 Å². The number of aromatic amines is 1. The molecule has 0 atom stereocenters. The van der Waals surface area contributed by atoms with E-state index in [9.17, 15) is 18.4 Å². The first-order valence-electron chi connectivity index (χ1n) is 8.77. The van der Waals surface area contributed by atoms with E-state index in [0.717, 1.165) is 16.2 Å². The molecule has 4 aromatic rings. The van der Waals surface area contributed by atoms with Crippen LogP contribution in [0, 0.1) is 11.6 Å². The summed E-state index contributed by atoms with van der Waals surface area (Å²) in [4.78, 5) is 35.9. The van der Waals surface area contributed by atoms with Crippen LogP contribution in [0.25, 0.3) is 16.7 Å². The Morgan fingerprint density at radius 1 is 1.03 bits per heavy atom. The van der Waals surface area contributed by atoms with E-state index in [4.69, 9.17) is 0 Å². The summed E-state index contributed by atoms with van der Waals surface area (Å²) in [7, 11) is 0. The maximum absolute atomic E-state index is 13.5. The highest BCUT2D eigenvalue weighted by atomic mass is 19.1. The molecule has 2 heterocycles. The molecule has 2 aromatic heterocycles. The molecule has 2 N–H and O–H groups in total. The van der Waals surface area contributed by atoms with Crippen LogP contribution in [0.4, 0.5) is 14.7 Å². The predicted molar refractivity (Wildman–Crippen MR) is 104 cm³/mol. The Kier molecular flexibility index (Phi) is 4.86. The lowest BCUT2D eigenvalue weighted by Gasteiger charge is -2.08. The van der Waals surface area contributed by atoms with Gasteiger partial charge in [0.25, 0.3) is 5.56 Å². The number of nitrogens with zero attached hydrogens (tertiary/aromatic N) is 3. The van der Waals surface area contributed by atoms with Gasteiger partial charge in [0.05, 0.1) is 5.69 Å². The number of rotatable bonds is 5. The number of nitrogens with one attached hydrogen (secondary N) is 2. The standard InChI is InChI=1S/C20H15F2N5O2/c21-13-6-4-12(5-7-13)8-9-23-19-24-11-16-17(25-19)26-20(29)27(18(16)28)15-3-1-2-14(22)10-15/h1-7,10-11H,8-9H2,(H2,23,24,25,26,29). The zero-order valence-corrected chi connectivity index (χ0v) is 15.0. The topological polar surface area (TPSA) is 92.7 Å². The molecule has 29 heavy (non-hydrogen) atoms. The van der Waals surface area contributed by atoms with Crippen molar-refractivity contribution in [2.75, 3.05) is 11.9 Å².